The van der Waals surface area contributed by atoms with Gasteiger partial charge in [0.25, 0.3) is 0 Å². The minimum absolute atomic E-state index is 0.0648. The molecule has 4 atom stereocenters. The van der Waals surface area contributed by atoms with Gasteiger partial charge >= 0.3 is 0 Å². The topological polar surface area (TPSA) is 20.2 Å². The summed E-state index contributed by atoms with van der Waals surface area (Å²) in [6.07, 6.45) is 2.42. The molecule has 2 saturated carbocycles. The zero-order valence-corrected chi connectivity index (χ0v) is 5.17. The third-order valence-corrected chi connectivity index (χ3v) is 2.88. The lowest BCUT2D eigenvalue weighted by Crippen LogP contribution is -2.05. The molecule has 0 bridgehead atoms. The Labute approximate surface area is 49.7 Å². The average Bonchev–Trinajstić information content (AvgIpc) is 2.13. The van der Waals surface area contributed by atoms with Crippen LogP contribution in [0.5, 0.6) is 0 Å². The third kappa shape index (κ3) is 0.408. The van der Waals surface area contributed by atoms with E-state index in [-0.39, 0.29) is 6.10 Å². The molecular formula is C7H12O. The monoisotopic (exact) mass is 112 g/mol. The van der Waals surface area contributed by atoms with Gasteiger partial charge < -0.3 is 5.11 Å². The van der Waals surface area contributed by atoms with E-state index in [1.54, 1.807) is 0 Å². The Hall–Kier alpha value is -0.0400. The molecule has 0 heterocycles. The average molecular weight is 112 g/mol. The molecule has 0 aromatic carbocycles. The van der Waals surface area contributed by atoms with Crippen molar-refractivity contribution in [2.75, 3.05) is 0 Å². The molecule has 2 rings (SSSR count). The molecule has 0 unspecified atom stereocenters. The maximum absolute atomic E-state index is 9.21. The summed E-state index contributed by atoms with van der Waals surface area (Å²) in [7, 11) is 0. The van der Waals surface area contributed by atoms with Crippen LogP contribution in [0.15, 0.2) is 0 Å². The van der Waals surface area contributed by atoms with Gasteiger partial charge in [-0.2, -0.15) is 0 Å². The summed E-state index contributed by atoms with van der Waals surface area (Å²) < 4.78 is 0. The van der Waals surface area contributed by atoms with Gasteiger partial charge in [0, 0.05) is 0 Å². The van der Waals surface area contributed by atoms with Gasteiger partial charge in [0.05, 0.1) is 6.10 Å². The molecule has 0 amide bonds. The third-order valence-electron chi connectivity index (χ3n) is 2.88. The maximum atomic E-state index is 9.21. The quantitative estimate of drug-likeness (QED) is 0.496. The van der Waals surface area contributed by atoms with E-state index < -0.39 is 0 Å². The van der Waals surface area contributed by atoms with E-state index in [2.05, 4.69) is 6.92 Å². The van der Waals surface area contributed by atoms with Crippen LogP contribution < -0.4 is 0 Å². The highest BCUT2D eigenvalue weighted by Crippen LogP contribution is 2.56. The highest BCUT2D eigenvalue weighted by atomic mass is 16.3. The second-order valence-corrected chi connectivity index (χ2v) is 3.25. The predicted octanol–water partition coefficient (Wildman–Crippen LogP) is 1.02. The van der Waals surface area contributed by atoms with Gasteiger partial charge in [-0.1, -0.05) is 6.92 Å². The number of hydrogen-bond donors (Lipinski definition) is 1. The molecule has 2 aliphatic rings. The first kappa shape index (κ1) is 4.80. The fraction of sp³-hybridized carbons (Fsp3) is 1.00. The van der Waals surface area contributed by atoms with Crippen LogP contribution in [0.2, 0.25) is 0 Å². The van der Waals surface area contributed by atoms with Crippen LogP contribution >= 0.6 is 0 Å². The summed E-state index contributed by atoms with van der Waals surface area (Å²) in [6.45, 7) is 2.25. The lowest BCUT2D eigenvalue weighted by atomic mass is 10.1. The Balaban J connectivity index is 2.07. The molecule has 1 heteroatoms. The van der Waals surface area contributed by atoms with Crippen molar-refractivity contribution in [2.45, 2.75) is 25.9 Å². The van der Waals surface area contributed by atoms with Crippen molar-refractivity contribution in [3.05, 3.63) is 0 Å². The van der Waals surface area contributed by atoms with Crippen molar-refractivity contribution in [2.24, 2.45) is 17.8 Å². The van der Waals surface area contributed by atoms with Crippen LogP contribution in [0.25, 0.3) is 0 Å². The maximum Gasteiger partial charge on any atom is 0.0573 e. The highest BCUT2D eigenvalue weighted by molar-refractivity contribution is 5.03. The van der Waals surface area contributed by atoms with Gasteiger partial charge in [-0.3, -0.25) is 0 Å². The second-order valence-electron chi connectivity index (χ2n) is 3.25. The normalized spacial score (nSPS) is 60.8. The Morgan fingerprint density at radius 2 is 2.12 bits per heavy atom. The number of aliphatic hydroxyl groups excluding tert-OH is 1. The van der Waals surface area contributed by atoms with E-state index in [1.165, 1.54) is 6.42 Å². The summed E-state index contributed by atoms with van der Waals surface area (Å²) in [6, 6.07) is 0. The van der Waals surface area contributed by atoms with Crippen LogP contribution in [0.3, 0.4) is 0 Å². The summed E-state index contributed by atoms with van der Waals surface area (Å²) in [5.74, 6) is 2.46. The molecule has 0 radical (unpaired) electrons. The van der Waals surface area contributed by atoms with Crippen LogP contribution in [-0.4, -0.2) is 11.2 Å². The molecule has 1 nitrogen and oxygen atoms in total. The molecule has 0 saturated heterocycles. The first-order valence-corrected chi connectivity index (χ1v) is 3.49. The van der Waals surface area contributed by atoms with E-state index >= 15 is 0 Å². The zero-order chi connectivity index (χ0) is 5.72. The first-order chi connectivity index (χ1) is 3.80. The molecule has 0 aromatic heterocycles. The standard InChI is InChI=1S/C7H12O/c1-4-5-2-3-6(8)7(4)5/h4-8H,2-3H2,1H3/t4-,5+,6-,7-/m1/s1. The molecular weight excluding hydrogens is 100 g/mol. The summed E-state index contributed by atoms with van der Waals surface area (Å²) in [4.78, 5) is 0. The van der Waals surface area contributed by atoms with Gasteiger partial charge in [0.15, 0.2) is 0 Å². The Morgan fingerprint density at radius 3 is 2.38 bits per heavy atom. The van der Waals surface area contributed by atoms with Crippen molar-refractivity contribution in [1.29, 1.82) is 0 Å². The van der Waals surface area contributed by atoms with Gasteiger partial charge in [-0.15, -0.1) is 0 Å². The fourth-order valence-corrected chi connectivity index (χ4v) is 2.23. The van der Waals surface area contributed by atoms with E-state index in [1.807, 2.05) is 0 Å². The lowest BCUT2D eigenvalue weighted by Gasteiger charge is -2.01. The van der Waals surface area contributed by atoms with E-state index in [0.717, 1.165) is 18.3 Å². The van der Waals surface area contributed by atoms with Crippen molar-refractivity contribution in [3.8, 4) is 0 Å². The number of fused-ring (bicyclic) bond motifs is 1. The molecule has 46 valence electrons. The first-order valence-electron chi connectivity index (χ1n) is 3.49. The Morgan fingerprint density at radius 1 is 1.38 bits per heavy atom. The minimum Gasteiger partial charge on any atom is -0.393 e. The minimum atomic E-state index is 0.0648. The Kier molecular flexibility index (Phi) is 0.762. The predicted molar refractivity (Wildman–Crippen MR) is 31.4 cm³/mol. The molecule has 0 aromatic rings. The Bertz CT molecular complexity index is 109. The lowest BCUT2D eigenvalue weighted by molar-refractivity contribution is 0.152. The summed E-state index contributed by atoms with van der Waals surface area (Å²) in [5.41, 5.74) is 0. The smallest absolute Gasteiger partial charge is 0.0573 e. The summed E-state index contributed by atoms with van der Waals surface area (Å²) in [5, 5.41) is 9.21. The SMILES string of the molecule is C[C@@H]1[C@@H]2CC[C@@H](O)[C@H]12. The largest absolute Gasteiger partial charge is 0.393 e. The molecule has 0 aliphatic heterocycles. The van der Waals surface area contributed by atoms with Crippen LogP contribution in [0, 0.1) is 17.8 Å². The molecule has 1 N–H and O–H groups in total. The molecule has 0 spiro atoms. The molecule has 2 aliphatic carbocycles. The number of hydrogen-bond acceptors (Lipinski definition) is 1. The van der Waals surface area contributed by atoms with Gasteiger partial charge in [-0.25, -0.2) is 0 Å². The van der Waals surface area contributed by atoms with Crippen LogP contribution in [0.1, 0.15) is 19.8 Å². The highest BCUT2D eigenvalue weighted by Gasteiger charge is 2.54. The zero-order valence-electron chi connectivity index (χ0n) is 5.17. The molecule has 2 fully saturated rings. The number of aliphatic hydroxyl groups is 1. The van der Waals surface area contributed by atoms with Crippen molar-refractivity contribution in [1.82, 2.24) is 0 Å². The van der Waals surface area contributed by atoms with E-state index in [4.69, 9.17) is 0 Å². The summed E-state index contributed by atoms with van der Waals surface area (Å²) >= 11 is 0. The van der Waals surface area contributed by atoms with Crippen LogP contribution in [0.4, 0.5) is 0 Å². The van der Waals surface area contributed by atoms with E-state index in [0.29, 0.717) is 5.92 Å². The van der Waals surface area contributed by atoms with E-state index in [9.17, 15) is 5.11 Å². The van der Waals surface area contributed by atoms with Crippen molar-refractivity contribution in [3.63, 3.8) is 0 Å². The van der Waals surface area contributed by atoms with Gasteiger partial charge in [-0.05, 0) is 30.6 Å². The second kappa shape index (κ2) is 1.27. The van der Waals surface area contributed by atoms with Crippen molar-refractivity contribution >= 4 is 0 Å². The molecule has 8 heavy (non-hydrogen) atoms. The van der Waals surface area contributed by atoms with Crippen LogP contribution in [-0.2, 0) is 0 Å². The number of rotatable bonds is 0. The van der Waals surface area contributed by atoms with Gasteiger partial charge in [0.2, 0.25) is 0 Å². The van der Waals surface area contributed by atoms with Crippen molar-refractivity contribution < 1.29 is 5.11 Å². The van der Waals surface area contributed by atoms with Gasteiger partial charge in [0.1, 0.15) is 0 Å². The fourth-order valence-electron chi connectivity index (χ4n) is 2.23.